The molecule has 0 bridgehead atoms. The summed E-state index contributed by atoms with van der Waals surface area (Å²) in [5.74, 6) is -2.64. The lowest BCUT2D eigenvalue weighted by molar-refractivity contribution is -0.192. The molecule has 3 heterocycles. The zero-order valence-electron chi connectivity index (χ0n) is 16.3. The number of hydrogen-bond donors (Lipinski definition) is 1. The minimum atomic E-state index is -5.08. The van der Waals surface area contributed by atoms with Crippen molar-refractivity contribution in [3.05, 3.63) is 52.5 Å². The number of halogens is 3. The molecule has 0 unspecified atom stereocenters. The third-order valence-corrected chi connectivity index (χ3v) is 5.70. The van der Waals surface area contributed by atoms with E-state index in [-0.39, 0.29) is 24.2 Å². The molecule has 1 amide bonds. The third kappa shape index (κ3) is 6.02. The van der Waals surface area contributed by atoms with E-state index >= 15 is 0 Å². The molecule has 1 saturated heterocycles. The maximum absolute atomic E-state index is 12.7. The molecule has 1 aliphatic carbocycles. The molecule has 2 fully saturated rings. The number of thiophene rings is 1. The van der Waals surface area contributed by atoms with Crippen LogP contribution in [0.2, 0.25) is 0 Å². The largest absolute Gasteiger partial charge is 0.490 e. The quantitative estimate of drug-likeness (QED) is 0.756. The molecular formula is C20H21F3N2O5S. The highest BCUT2D eigenvalue weighted by Gasteiger charge is 2.45. The fourth-order valence-electron chi connectivity index (χ4n) is 3.58. The number of morpholine rings is 1. The van der Waals surface area contributed by atoms with Crippen molar-refractivity contribution in [2.75, 3.05) is 13.2 Å². The van der Waals surface area contributed by atoms with Gasteiger partial charge in [0, 0.05) is 24.3 Å². The Morgan fingerprint density at radius 2 is 1.97 bits per heavy atom. The smallest absolute Gasteiger partial charge is 0.475 e. The lowest BCUT2D eigenvalue weighted by Crippen LogP contribution is -2.53. The lowest BCUT2D eigenvalue weighted by atomic mass is 10.1. The van der Waals surface area contributed by atoms with E-state index in [1.165, 1.54) is 0 Å². The molecule has 0 radical (unpaired) electrons. The van der Waals surface area contributed by atoms with E-state index in [2.05, 4.69) is 4.98 Å². The summed E-state index contributed by atoms with van der Waals surface area (Å²) in [6, 6.07) is 5.93. The first-order chi connectivity index (χ1) is 14.8. The highest BCUT2D eigenvalue weighted by molar-refractivity contribution is 7.08. The van der Waals surface area contributed by atoms with Crippen LogP contribution in [0, 0.1) is 0 Å². The maximum Gasteiger partial charge on any atom is 0.490 e. The van der Waals surface area contributed by atoms with Crippen molar-refractivity contribution < 1.29 is 37.3 Å². The van der Waals surface area contributed by atoms with Gasteiger partial charge in [0.05, 0.1) is 30.9 Å². The van der Waals surface area contributed by atoms with Gasteiger partial charge in [-0.05, 0) is 42.0 Å². The van der Waals surface area contributed by atoms with Crippen molar-refractivity contribution in [1.29, 1.82) is 0 Å². The highest BCUT2D eigenvalue weighted by Crippen LogP contribution is 2.33. The number of aromatic nitrogens is 1. The fraction of sp³-hybridized carbons (Fsp3) is 0.450. The first-order valence-corrected chi connectivity index (χ1v) is 10.5. The Bertz CT molecular complexity index is 863. The van der Waals surface area contributed by atoms with E-state index in [0.717, 1.165) is 24.0 Å². The fourth-order valence-corrected chi connectivity index (χ4v) is 4.21. The minimum Gasteiger partial charge on any atom is -0.475 e. The minimum absolute atomic E-state index is 0.0248. The lowest BCUT2D eigenvalue weighted by Gasteiger charge is -2.39. The van der Waals surface area contributed by atoms with Gasteiger partial charge in [-0.3, -0.25) is 9.78 Å². The van der Waals surface area contributed by atoms with Gasteiger partial charge in [-0.1, -0.05) is 0 Å². The summed E-state index contributed by atoms with van der Waals surface area (Å²) < 4.78 is 43.8. The van der Waals surface area contributed by atoms with Gasteiger partial charge in [-0.25, -0.2) is 4.79 Å². The molecule has 0 spiro atoms. The standard InChI is InChI=1S/C18H20N2O3S.C2HF3O2/c21-18(14-5-10-24-12-14)20-8-9-22-17-15(20)1-2-16(17)23-11-13-3-6-19-7-4-13;3-2(4,5)1(6)7/h3-7,10,12,15-17H,1-2,8-9,11H2;(H,6,7)/t15-,16+,17+;/m0./s1. The Morgan fingerprint density at radius 3 is 2.58 bits per heavy atom. The summed E-state index contributed by atoms with van der Waals surface area (Å²) in [5.41, 5.74) is 1.89. The molecular weight excluding hydrogens is 437 g/mol. The average Bonchev–Trinajstić information content (AvgIpc) is 3.42. The van der Waals surface area contributed by atoms with Crippen molar-refractivity contribution in [2.24, 2.45) is 0 Å². The van der Waals surface area contributed by atoms with Gasteiger partial charge < -0.3 is 19.5 Å². The molecule has 2 aromatic rings. The van der Waals surface area contributed by atoms with Gasteiger partial charge in [0.15, 0.2) is 0 Å². The second-order valence-electron chi connectivity index (χ2n) is 7.00. The zero-order valence-corrected chi connectivity index (χ0v) is 17.1. The van der Waals surface area contributed by atoms with Crippen LogP contribution in [-0.4, -0.2) is 64.4 Å². The van der Waals surface area contributed by atoms with Crippen LogP contribution in [0.4, 0.5) is 13.2 Å². The maximum atomic E-state index is 12.7. The zero-order chi connectivity index (χ0) is 22.4. The molecule has 11 heteroatoms. The molecule has 168 valence electrons. The molecule has 1 aliphatic heterocycles. The van der Waals surface area contributed by atoms with E-state index in [1.54, 1.807) is 23.7 Å². The number of rotatable bonds is 4. The van der Waals surface area contributed by atoms with Crippen LogP contribution in [0.15, 0.2) is 41.4 Å². The topological polar surface area (TPSA) is 89.0 Å². The number of carbonyl (C=O) groups is 2. The Balaban J connectivity index is 0.000000339. The van der Waals surface area contributed by atoms with Crippen LogP contribution in [-0.2, 0) is 20.9 Å². The van der Waals surface area contributed by atoms with Gasteiger partial charge in [0.2, 0.25) is 0 Å². The number of nitrogens with zero attached hydrogens (tertiary/aromatic N) is 2. The SMILES string of the molecule is O=C(O)C(F)(F)F.O=C(c1ccsc1)N1CCO[C@H]2[C@H](OCc3ccncc3)CC[C@@H]21. The molecule has 2 aliphatic rings. The number of carbonyl (C=O) groups excluding carboxylic acids is 1. The van der Waals surface area contributed by atoms with E-state index in [1.807, 2.05) is 33.9 Å². The summed E-state index contributed by atoms with van der Waals surface area (Å²) in [5, 5.41) is 11.0. The Kier molecular flexibility index (Phi) is 7.63. The number of ether oxygens (including phenoxy) is 2. The summed E-state index contributed by atoms with van der Waals surface area (Å²) in [4.78, 5) is 27.6. The highest BCUT2D eigenvalue weighted by atomic mass is 32.1. The van der Waals surface area contributed by atoms with E-state index in [0.29, 0.717) is 19.8 Å². The second kappa shape index (κ2) is 10.2. The van der Waals surface area contributed by atoms with Gasteiger partial charge in [0.1, 0.15) is 6.10 Å². The van der Waals surface area contributed by atoms with Crippen molar-refractivity contribution in [1.82, 2.24) is 9.88 Å². The Labute approximate surface area is 180 Å². The summed E-state index contributed by atoms with van der Waals surface area (Å²) in [6.07, 6.45) is 0.336. The Hall–Kier alpha value is -2.50. The average molecular weight is 458 g/mol. The molecule has 0 aromatic carbocycles. The number of pyridine rings is 1. The monoisotopic (exact) mass is 458 g/mol. The summed E-state index contributed by atoms with van der Waals surface area (Å²) in [6.45, 7) is 1.79. The molecule has 4 rings (SSSR count). The molecule has 3 atom stereocenters. The molecule has 7 nitrogen and oxygen atoms in total. The normalized spacial score (nSPS) is 22.9. The van der Waals surface area contributed by atoms with Crippen molar-refractivity contribution in [2.45, 2.75) is 43.9 Å². The Morgan fingerprint density at radius 1 is 1.26 bits per heavy atom. The number of aliphatic carboxylic acids is 1. The number of alkyl halides is 3. The molecule has 1 N–H and O–H groups in total. The van der Waals surface area contributed by atoms with Gasteiger partial charge in [-0.15, -0.1) is 0 Å². The molecule has 2 aromatic heterocycles. The predicted octanol–water partition coefficient (Wildman–Crippen LogP) is 3.37. The summed E-state index contributed by atoms with van der Waals surface area (Å²) in [7, 11) is 0. The van der Waals surface area contributed by atoms with Crippen LogP contribution in [0.1, 0.15) is 28.8 Å². The van der Waals surface area contributed by atoms with Crippen LogP contribution in [0.25, 0.3) is 0 Å². The first-order valence-electron chi connectivity index (χ1n) is 9.52. The van der Waals surface area contributed by atoms with E-state index in [9.17, 15) is 18.0 Å². The van der Waals surface area contributed by atoms with Gasteiger partial charge >= 0.3 is 12.1 Å². The van der Waals surface area contributed by atoms with Crippen LogP contribution < -0.4 is 0 Å². The predicted molar refractivity (Wildman–Crippen MR) is 105 cm³/mol. The number of carboxylic acids is 1. The third-order valence-electron chi connectivity index (χ3n) is 5.02. The molecule has 1 saturated carbocycles. The number of fused-ring (bicyclic) bond motifs is 1. The molecule has 31 heavy (non-hydrogen) atoms. The number of carboxylic acid groups (broad SMARTS) is 1. The van der Waals surface area contributed by atoms with Crippen molar-refractivity contribution >= 4 is 23.2 Å². The van der Waals surface area contributed by atoms with E-state index < -0.39 is 12.1 Å². The van der Waals surface area contributed by atoms with Gasteiger partial charge in [0.25, 0.3) is 5.91 Å². The van der Waals surface area contributed by atoms with Crippen LogP contribution in [0.3, 0.4) is 0 Å². The first kappa shape index (κ1) is 23.2. The van der Waals surface area contributed by atoms with Crippen LogP contribution in [0.5, 0.6) is 0 Å². The summed E-state index contributed by atoms with van der Waals surface area (Å²) >= 11 is 1.55. The van der Waals surface area contributed by atoms with Crippen LogP contribution >= 0.6 is 11.3 Å². The van der Waals surface area contributed by atoms with Crippen molar-refractivity contribution in [3.8, 4) is 0 Å². The van der Waals surface area contributed by atoms with Crippen molar-refractivity contribution in [3.63, 3.8) is 0 Å². The van der Waals surface area contributed by atoms with Gasteiger partial charge in [-0.2, -0.15) is 24.5 Å². The number of amides is 1. The number of hydrogen-bond acceptors (Lipinski definition) is 6. The second-order valence-corrected chi connectivity index (χ2v) is 7.78. The van der Waals surface area contributed by atoms with E-state index in [4.69, 9.17) is 19.4 Å².